The number of carboxylic acid groups (broad SMARTS) is 1. The average molecular weight is 308 g/mol. The Morgan fingerprint density at radius 1 is 1.52 bits per heavy atom. The zero-order chi connectivity index (χ0) is 15.5. The molecule has 0 saturated heterocycles. The third-order valence-corrected chi connectivity index (χ3v) is 4.33. The molecule has 0 saturated carbocycles. The molecule has 2 heterocycles. The number of amides is 1. The fraction of sp³-hybridized carbons (Fsp3) is 0.357. The zero-order valence-electron chi connectivity index (χ0n) is 11.8. The van der Waals surface area contributed by atoms with Crippen LogP contribution in [-0.2, 0) is 4.79 Å². The number of nitrogens with zero attached hydrogens (tertiary/aromatic N) is 1. The van der Waals surface area contributed by atoms with E-state index >= 15 is 0 Å². The second-order valence-electron chi connectivity index (χ2n) is 4.96. The predicted molar refractivity (Wildman–Crippen MR) is 78.2 cm³/mol. The summed E-state index contributed by atoms with van der Waals surface area (Å²) in [7, 11) is 0. The van der Waals surface area contributed by atoms with Gasteiger partial charge in [-0.15, -0.1) is 11.3 Å². The van der Waals surface area contributed by atoms with Gasteiger partial charge >= 0.3 is 5.97 Å². The normalized spacial score (nSPS) is 13.6. The highest BCUT2D eigenvalue weighted by atomic mass is 32.1. The van der Waals surface area contributed by atoms with Crippen molar-refractivity contribution in [2.24, 2.45) is 5.41 Å². The average Bonchev–Trinajstić information content (AvgIpc) is 3.13. The number of hydrogen-bond acceptors (Lipinski definition) is 5. The van der Waals surface area contributed by atoms with Gasteiger partial charge in [0.2, 0.25) is 0 Å². The van der Waals surface area contributed by atoms with E-state index in [0.717, 1.165) is 4.88 Å². The van der Waals surface area contributed by atoms with Gasteiger partial charge in [-0.3, -0.25) is 9.59 Å². The van der Waals surface area contributed by atoms with Crippen molar-refractivity contribution in [2.75, 3.05) is 6.54 Å². The van der Waals surface area contributed by atoms with Gasteiger partial charge in [0.25, 0.3) is 5.91 Å². The summed E-state index contributed by atoms with van der Waals surface area (Å²) >= 11 is 1.48. The summed E-state index contributed by atoms with van der Waals surface area (Å²) in [6, 6.07) is 5.29. The van der Waals surface area contributed by atoms with Crippen molar-refractivity contribution in [2.45, 2.75) is 20.3 Å². The highest BCUT2D eigenvalue weighted by Gasteiger charge is 2.31. The lowest BCUT2D eigenvalue weighted by Gasteiger charge is -2.22. The van der Waals surface area contributed by atoms with E-state index in [1.807, 2.05) is 17.5 Å². The van der Waals surface area contributed by atoms with Crippen LogP contribution in [0.3, 0.4) is 0 Å². The lowest BCUT2D eigenvalue weighted by atomic mass is 9.88. The molecule has 7 heteroatoms. The van der Waals surface area contributed by atoms with E-state index < -0.39 is 17.3 Å². The number of carboxylic acids is 1. The number of thiophene rings is 1. The molecule has 0 radical (unpaired) electrons. The molecule has 1 amide bonds. The van der Waals surface area contributed by atoms with E-state index in [1.165, 1.54) is 11.3 Å². The summed E-state index contributed by atoms with van der Waals surface area (Å²) in [5, 5.41) is 17.4. The highest BCUT2D eigenvalue weighted by molar-refractivity contribution is 7.13. The molecule has 0 bridgehead atoms. The van der Waals surface area contributed by atoms with Crippen molar-refractivity contribution in [3.63, 3.8) is 0 Å². The summed E-state index contributed by atoms with van der Waals surface area (Å²) in [4.78, 5) is 24.0. The SMILES string of the molecule is CCC(C)(CNC(=O)c1cc(-c2cccs2)on1)C(=O)O. The molecule has 2 aromatic rings. The summed E-state index contributed by atoms with van der Waals surface area (Å²) in [5.41, 5.74) is -0.849. The van der Waals surface area contributed by atoms with Crippen LogP contribution in [0.4, 0.5) is 0 Å². The Hall–Kier alpha value is -2.15. The molecule has 0 fully saturated rings. The molecule has 0 spiro atoms. The van der Waals surface area contributed by atoms with Crippen molar-refractivity contribution in [1.82, 2.24) is 10.5 Å². The first-order valence-corrected chi connectivity index (χ1v) is 7.36. The summed E-state index contributed by atoms with van der Waals surface area (Å²) in [6.07, 6.45) is 0.419. The molecule has 0 aliphatic heterocycles. The number of rotatable bonds is 6. The van der Waals surface area contributed by atoms with Gasteiger partial charge in [0.05, 0.1) is 10.3 Å². The standard InChI is InChI=1S/C14H16N2O4S/c1-3-14(2,13(18)19)8-15-12(17)9-7-10(20-16-9)11-5-4-6-21-11/h4-7H,3,8H2,1-2H3,(H,15,17)(H,18,19). The minimum absolute atomic E-state index is 0.0405. The van der Waals surface area contributed by atoms with Crippen LogP contribution in [0.5, 0.6) is 0 Å². The van der Waals surface area contributed by atoms with E-state index in [-0.39, 0.29) is 12.2 Å². The van der Waals surface area contributed by atoms with Gasteiger partial charge < -0.3 is 14.9 Å². The minimum Gasteiger partial charge on any atom is -0.481 e. The second-order valence-corrected chi connectivity index (χ2v) is 5.90. The largest absolute Gasteiger partial charge is 0.481 e. The van der Waals surface area contributed by atoms with Gasteiger partial charge in [-0.2, -0.15) is 0 Å². The zero-order valence-corrected chi connectivity index (χ0v) is 12.6. The predicted octanol–water partition coefficient (Wildman–Crippen LogP) is 2.63. The molecule has 1 atom stereocenters. The lowest BCUT2D eigenvalue weighted by molar-refractivity contribution is -0.147. The minimum atomic E-state index is -0.990. The molecule has 21 heavy (non-hydrogen) atoms. The van der Waals surface area contributed by atoms with Crippen molar-refractivity contribution in [1.29, 1.82) is 0 Å². The van der Waals surface area contributed by atoms with E-state index in [1.54, 1.807) is 19.9 Å². The molecule has 0 aromatic carbocycles. The fourth-order valence-corrected chi connectivity index (χ4v) is 2.31. The van der Waals surface area contributed by atoms with Crippen LogP contribution in [0.25, 0.3) is 10.6 Å². The van der Waals surface area contributed by atoms with Crippen LogP contribution < -0.4 is 5.32 Å². The Balaban J connectivity index is 2.03. The van der Waals surface area contributed by atoms with Crippen LogP contribution in [0, 0.1) is 5.41 Å². The number of hydrogen-bond donors (Lipinski definition) is 2. The van der Waals surface area contributed by atoms with Crippen LogP contribution in [0.15, 0.2) is 28.1 Å². The number of aliphatic carboxylic acids is 1. The van der Waals surface area contributed by atoms with Crippen molar-refractivity contribution >= 4 is 23.2 Å². The number of carbonyl (C=O) groups excluding carboxylic acids is 1. The van der Waals surface area contributed by atoms with Crippen molar-refractivity contribution in [3.05, 3.63) is 29.3 Å². The van der Waals surface area contributed by atoms with E-state index in [2.05, 4.69) is 10.5 Å². The molecule has 0 aliphatic rings. The fourth-order valence-electron chi connectivity index (χ4n) is 1.63. The van der Waals surface area contributed by atoms with Crippen molar-refractivity contribution < 1.29 is 19.2 Å². The molecule has 0 aliphatic carbocycles. The van der Waals surface area contributed by atoms with E-state index in [4.69, 9.17) is 9.63 Å². The maximum Gasteiger partial charge on any atom is 0.311 e. The first-order valence-electron chi connectivity index (χ1n) is 6.48. The monoisotopic (exact) mass is 308 g/mol. The number of aromatic nitrogens is 1. The smallest absolute Gasteiger partial charge is 0.311 e. The quantitative estimate of drug-likeness (QED) is 0.855. The Morgan fingerprint density at radius 2 is 2.29 bits per heavy atom. The highest BCUT2D eigenvalue weighted by Crippen LogP contribution is 2.25. The van der Waals surface area contributed by atoms with Gasteiger partial charge in [0.1, 0.15) is 0 Å². The summed E-state index contributed by atoms with van der Waals surface area (Å²) in [5.74, 6) is -0.862. The van der Waals surface area contributed by atoms with Crippen LogP contribution in [-0.4, -0.2) is 28.7 Å². The van der Waals surface area contributed by atoms with Crippen LogP contribution >= 0.6 is 11.3 Å². The molecule has 2 rings (SSSR count). The first-order chi connectivity index (χ1) is 9.96. The third kappa shape index (κ3) is 3.30. The molecular weight excluding hydrogens is 292 g/mol. The lowest BCUT2D eigenvalue weighted by Crippen LogP contribution is -2.40. The van der Waals surface area contributed by atoms with E-state index in [9.17, 15) is 9.59 Å². The van der Waals surface area contributed by atoms with Crippen LogP contribution in [0.2, 0.25) is 0 Å². The Labute approximate surface area is 125 Å². The molecular formula is C14H16N2O4S. The molecule has 6 nitrogen and oxygen atoms in total. The van der Waals surface area contributed by atoms with Gasteiger partial charge in [0, 0.05) is 12.6 Å². The molecule has 1 unspecified atom stereocenters. The maximum atomic E-state index is 12.0. The van der Waals surface area contributed by atoms with Crippen LogP contribution in [0.1, 0.15) is 30.8 Å². The Kier molecular flexibility index (Phi) is 4.42. The van der Waals surface area contributed by atoms with Gasteiger partial charge in [0.15, 0.2) is 11.5 Å². The van der Waals surface area contributed by atoms with Gasteiger partial charge in [-0.05, 0) is 24.8 Å². The Morgan fingerprint density at radius 3 is 2.86 bits per heavy atom. The summed E-state index contributed by atoms with van der Waals surface area (Å²) in [6.45, 7) is 3.40. The number of carbonyl (C=O) groups is 2. The third-order valence-electron chi connectivity index (χ3n) is 3.44. The van der Waals surface area contributed by atoms with Gasteiger partial charge in [-0.25, -0.2) is 0 Å². The number of nitrogens with one attached hydrogen (secondary N) is 1. The van der Waals surface area contributed by atoms with Gasteiger partial charge in [-0.1, -0.05) is 18.1 Å². The molecule has 112 valence electrons. The first kappa shape index (κ1) is 15.2. The van der Waals surface area contributed by atoms with Crippen molar-refractivity contribution in [3.8, 4) is 10.6 Å². The molecule has 2 N–H and O–H groups in total. The van der Waals surface area contributed by atoms with E-state index in [0.29, 0.717) is 12.2 Å². The second kappa shape index (κ2) is 6.09. The molecule has 2 aromatic heterocycles. The summed E-state index contributed by atoms with van der Waals surface area (Å²) < 4.78 is 5.12. The Bertz CT molecular complexity index is 635. The topological polar surface area (TPSA) is 92.4 Å². The maximum absolute atomic E-state index is 12.0.